The number of aromatic nitrogens is 1. The van der Waals surface area contributed by atoms with E-state index in [2.05, 4.69) is 9.71 Å². The Hall–Kier alpha value is -2.31. The molecule has 0 atom stereocenters. The highest BCUT2D eigenvalue weighted by Crippen LogP contribution is 2.30. The maximum atomic E-state index is 12.8. The molecule has 0 unspecified atom stereocenters. The first-order chi connectivity index (χ1) is 11.4. The van der Waals surface area contributed by atoms with Crippen molar-refractivity contribution in [2.24, 2.45) is 0 Å². The Kier molecular flexibility index (Phi) is 4.34. The lowest BCUT2D eigenvalue weighted by atomic mass is 10.2. The molecule has 24 heavy (non-hydrogen) atoms. The molecule has 0 amide bonds. The number of hydrogen-bond acceptors (Lipinski definition) is 4. The van der Waals surface area contributed by atoms with Crippen molar-refractivity contribution in [3.05, 3.63) is 59.2 Å². The molecule has 0 saturated heterocycles. The number of fused-ring (bicyclic) bond motifs is 1. The predicted octanol–water partition coefficient (Wildman–Crippen LogP) is 4.01. The summed E-state index contributed by atoms with van der Waals surface area (Å²) in [6.07, 6.45) is 1.61. The zero-order valence-corrected chi connectivity index (χ0v) is 14.6. The van der Waals surface area contributed by atoms with Crippen LogP contribution in [0, 0.1) is 6.92 Å². The molecule has 0 fully saturated rings. The SMILES string of the molecule is COc1cc(NS(=O)(=O)c2cc(Cl)ccc2C)c2ncccc2c1. The fourth-order valence-electron chi connectivity index (χ4n) is 2.42. The Morgan fingerprint density at radius 1 is 1.17 bits per heavy atom. The number of hydrogen-bond donors (Lipinski definition) is 1. The van der Waals surface area contributed by atoms with Crippen LogP contribution in [0.25, 0.3) is 10.9 Å². The van der Waals surface area contributed by atoms with E-state index in [0.717, 1.165) is 5.39 Å². The number of methoxy groups -OCH3 is 1. The van der Waals surface area contributed by atoms with Gasteiger partial charge in [-0.1, -0.05) is 23.7 Å². The van der Waals surface area contributed by atoms with E-state index in [-0.39, 0.29) is 4.90 Å². The average molecular weight is 363 g/mol. The quantitative estimate of drug-likeness (QED) is 0.761. The normalized spacial score (nSPS) is 11.5. The number of anilines is 1. The Labute approximate surface area is 145 Å². The van der Waals surface area contributed by atoms with E-state index in [1.165, 1.54) is 13.2 Å². The Morgan fingerprint density at radius 2 is 1.96 bits per heavy atom. The molecule has 0 aliphatic carbocycles. The summed E-state index contributed by atoms with van der Waals surface area (Å²) in [6.45, 7) is 1.72. The van der Waals surface area contributed by atoms with Crippen molar-refractivity contribution in [3.8, 4) is 5.75 Å². The standard InChI is InChI=1S/C17H15ClN2O3S/c1-11-5-6-13(18)9-16(11)24(21,22)20-15-10-14(23-2)8-12-4-3-7-19-17(12)15/h3-10,20H,1-2H3. The van der Waals surface area contributed by atoms with Crippen LogP contribution in [0.3, 0.4) is 0 Å². The third-order valence-corrected chi connectivity index (χ3v) is 5.34. The van der Waals surface area contributed by atoms with Crippen LogP contribution >= 0.6 is 11.6 Å². The number of sulfonamides is 1. The number of pyridine rings is 1. The molecular weight excluding hydrogens is 348 g/mol. The van der Waals surface area contributed by atoms with Crippen LogP contribution in [0.2, 0.25) is 5.02 Å². The molecule has 1 aromatic heterocycles. The van der Waals surface area contributed by atoms with Gasteiger partial charge in [0.25, 0.3) is 10.0 Å². The van der Waals surface area contributed by atoms with Crippen LogP contribution in [-0.2, 0) is 10.0 Å². The van der Waals surface area contributed by atoms with Crippen molar-refractivity contribution < 1.29 is 13.2 Å². The maximum absolute atomic E-state index is 12.8. The van der Waals surface area contributed by atoms with E-state index in [1.807, 2.05) is 6.07 Å². The van der Waals surface area contributed by atoms with Gasteiger partial charge in [-0.25, -0.2) is 8.42 Å². The average Bonchev–Trinajstić information content (AvgIpc) is 2.56. The number of nitrogens with zero attached hydrogens (tertiary/aromatic N) is 1. The van der Waals surface area contributed by atoms with Gasteiger partial charge in [-0.15, -0.1) is 0 Å². The molecule has 3 rings (SSSR count). The molecule has 0 radical (unpaired) electrons. The van der Waals surface area contributed by atoms with Crippen LogP contribution in [0.1, 0.15) is 5.56 Å². The summed E-state index contributed by atoms with van der Waals surface area (Å²) in [6, 6.07) is 11.8. The van der Waals surface area contributed by atoms with Crippen molar-refractivity contribution >= 4 is 38.2 Å². The van der Waals surface area contributed by atoms with Gasteiger partial charge in [0, 0.05) is 22.7 Å². The molecule has 2 aromatic carbocycles. The number of nitrogens with one attached hydrogen (secondary N) is 1. The minimum absolute atomic E-state index is 0.127. The fraction of sp³-hybridized carbons (Fsp3) is 0.118. The zero-order valence-electron chi connectivity index (χ0n) is 13.1. The molecule has 124 valence electrons. The summed E-state index contributed by atoms with van der Waals surface area (Å²) in [5, 5.41) is 1.13. The van der Waals surface area contributed by atoms with Gasteiger partial charge in [0.05, 0.1) is 23.2 Å². The molecule has 5 nitrogen and oxygen atoms in total. The van der Waals surface area contributed by atoms with Crippen LogP contribution in [-0.4, -0.2) is 20.5 Å². The molecule has 0 saturated carbocycles. The van der Waals surface area contributed by atoms with Crippen LogP contribution < -0.4 is 9.46 Å². The maximum Gasteiger partial charge on any atom is 0.262 e. The van der Waals surface area contributed by atoms with Crippen LogP contribution in [0.5, 0.6) is 5.75 Å². The molecule has 0 aliphatic heterocycles. The van der Waals surface area contributed by atoms with E-state index < -0.39 is 10.0 Å². The molecule has 0 spiro atoms. The summed E-state index contributed by atoms with van der Waals surface area (Å²) < 4.78 is 33.4. The zero-order chi connectivity index (χ0) is 17.3. The molecule has 3 aromatic rings. The van der Waals surface area contributed by atoms with Crippen molar-refractivity contribution in [2.45, 2.75) is 11.8 Å². The summed E-state index contributed by atoms with van der Waals surface area (Å²) in [5.41, 5.74) is 1.50. The second kappa shape index (κ2) is 6.30. The number of rotatable bonds is 4. The summed E-state index contributed by atoms with van der Waals surface area (Å²) in [5.74, 6) is 0.538. The topological polar surface area (TPSA) is 68.3 Å². The summed E-state index contributed by atoms with van der Waals surface area (Å²) >= 11 is 5.94. The van der Waals surface area contributed by atoms with E-state index >= 15 is 0 Å². The fourth-order valence-corrected chi connectivity index (χ4v) is 3.99. The van der Waals surface area contributed by atoms with E-state index in [4.69, 9.17) is 16.3 Å². The number of benzene rings is 2. The van der Waals surface area contributed by atoms with Gasteiger partial charge in [0.15, 0.2) is 0 Å². The smallest absolute Gasteiger partial charge is 0.262 e. The van der Waals surface area contributed by atoms with Gasteiger partial charge in [0.2, 0.25) is 0 Å². The predicted molar refractivity (Wildman–Crippen MR) is 95.3 cm³/mol. The lowest BCUT2D eigenvalue weighted by Crippen LogP contribution is -2.15. The van der Waals surface area contributed by atoms with Gasteiger partial charge in [-0.2, -0.15) is 0 Å². The van der Waals surface area contributed by atoms with Gasteiger partial charge in [-0.05, 0) is 36.8 Å². The van der Waals surface area contributed by atoms with Crippen LogP contribution in [0.4, 0.5) is 5.69 Å². The van der Waals surface area contributed by atoms with Gasteiger partial charge in [-0.3, -0.25) is 9.71 Å². The summed E-state index contributed by atoms with van der Waals surface area (Å²) in [4.78, 5) is 4.39. The van der Waals surface area contributed by atoms with Crippen LogP contribution in [0.15, 0.2) is 53.6 Å². The van der Waals surface area contributed by atoms with Gasteiger partial charge < -0.3 is 4.74 Å². The Balaban J connectivity index is 2.13. The van der Waals surface area contributed by atoms with E-state index in [1.54, 1.807) is 43.5 Å². The van der Waals surface area contributed by atoms with Crippen molar-refractivity contribution in [2.75, 3.05) is 11.8 Å². The Morgan fingerprint density at radius 3 is 2.71 bits per heavy atom. The minimum atomic E-state index is -3.81. The largest absolute Gasteiger partial charge is 0.497 e. The number of halogens is 1. The molecule has 0 aliphatic rings. The van der Waals surface area contributed by atoms with Crippen molar-refractivity contribution in [3.63, 3.8) is 0 Å². The highest BCUT2D eigenvalue weighted by molar-refractivity contribution is 7.92. The molecule has 0 bridgehead atoms. The molecule has 7 heteroatoms. The van der Waals surface area contributed by atoms with E-state index in [9.17, 15) is 8.42 Å². The first-order valence-electron chi connectivity index (χ1n) is 7.12. The van der Waals surface area contributed by atoms with E-state index in [0.29, 0.717) is 27.5 Å². The number of aryl methyl sites for hydroxylation is 1. The first kappa shape index (κ1) is 16.5. The number of ether oxygens (including phenoxy) is 1. The van der Waals surface area contributed by atoms with Crippen molar-refractivity contribution in [1.29, 1.82) is 0 Å². The molecule has 1 heterocycles. The Bertz CT molecular complexity index is 1020. The first-order valence-corrected chi connectivity index (χ1v) is 8.98. The lowest BCUT2D eigenvalue weighted by molar-refractivity contribution is 0.415. The summed E-state index contributed by atoms with van der Waals surface area (Å²) in [7, 11) is -2.29. The minimum Gasteiger partial charge on any atom is -0.497 e. The third kappa shape index (κ3) is 3.16. The highest BCUT2D eigenvalue weighted by atomic mass is 35.5. The second-order valence-corrected chi connectivity index (χ2v) is 7.35. The molecule has 1 N–H and O–H groups in total. The molecular formula is C17H15ClN2O3S. The lowest BCUT2D eigenvalue weighted by Gasteiger charge is -2.13. The van der Waals surface area contributed by atoms with Crippen molar-refractivity contribution in [1.82, 2.24) is 4.98 Å². The second-order valence-electron chi connectivity index (χ2n) is 5.27. The highest BCUT2D eigenvalue weighted by Gasteiger charge is 2.19. The monoisotopic (exact) mass is 362 g/mol. The van der Waals surface area contributed by atoms with Gasteiger partial charge in [0.1, 0.15) is 5.75 Å². The third-order valence-electron chi connectivity index (χ3n) is 3.60. The van der Waals surface area contributed by atoms with Gasteiger partial charge >= 0.3 is 0 Å².